The van der Waals surface area contributed by atoms with Crippen LogP contribution in [0.5, 0.6) is 0 Å². The van der Waals surface area contributed by atoms with Crippen molar-refractivity contribution in [3.8, 4) is 0 Å². The fourth-order valence-electron chi connectivity index (χ4n) is 4.81. The maximum atomic E-state index is 11.0. The fourth-order valence-corrected chi connectivity index (χ4v) is 4.81. The van der Waals surface area contributed by atoms with Gasteiger partial charge in [0, 0.05) is 6.42 Å². The lowest BCUT2D eigenvalue weighted by Crippen LogP contribution is -2.49. The summed E-state index contributed by atoms with van der Waals surface area (Å²) in [5, 5.41) is 0. The SMILES string of the molecule is C=C1CC[C@H]2C(C)(C)CCCC2(C)C1CC=O. The number of carbonyl (C=O) groups excluding carboxylic acids is 1. The molecule has 0 aliphatic heterocycles. The van der Waals surface area contributed by atoms with E-state index >= 15 is 0 Å². The van der Waals surface area contributed by atoms with E-state index in [9.17, 15) is 4.79 Å². The molecule has 96 valence electrons. The highest BCUT2D eigenvalue weighted by Crippen LogP contribution is 2.61. The van der Waals surface area contributed by atoms with E-state index in [0.29, 0.717) is 23.2 Å². The third-order valence-corrected chi connectivity index (χ3v) is 5.65. The van der Waals surface area contributed by atoms with Crippen LogP contribution in [0, 0.1) is 22.7 Å². The monoisotopic (exact) mass is 234 g/mol. The molecular formula is C16H26O. The first-order valence-corrected chi connectivity index (χ1v) is 7.03. The second-order valence-corrected chi connectivity index (χ2v) is 7.05. The Hall–Kier alpha value is -0.590. The van der Waals surface area contributed by atoms with E-state index < -0.39 is 0 Å². The van der Waals surface area contributed by atoms with Gasteiger partial charge in [0.15, 0.2) is 0 Å². The van der Waals surface area contributed by atoms with Gasteiger partial charge in [-0.15, -0.1) is 0 Å². The van der Waals surface area contributed by atoms with Gasteiger partial charge >= 0.3 is 0 Å². The van der Waals surface area contributed by atoms with Gasteiger partial charge in [0.05, 0.1) is 0 Å². The molecule has 0 spiro atoms. The van der Waals surface area contributed by atoms with Gasteiger partial charge in [-0.3, -0.25) is 0 Å². The average molecular weight is 234 g/mol. The number of rotatable bonds is 2. The van der Waals surface area contributed by atoms with Crippen LogP contribution in [0.25, 0.3) is 0 Å². The molecule has 0 heterocycles. The molecule has 0 aromatic rings. The minimum absolute atomic E-state index is 0.317. The van der Waals surface area contributed by atoms with E-state index in [1.54, 1.807) is 0 Å². The molecule has 2 fully saturated rings. The summed E-state index contributed by atoms with van der Waals surface area (Å²) in [6.45, 7) is 11.5. The Morgan fingerprint density at radius 3 is 2.71 bits per heavy atom. The Bertz CT molecular complexity index is 328. The molecule has 1 heteroatoms. The minimum atomic E-state index is 0.317. The predicted octanol–water partition coefficient (Wildman–Crippen LogP) is 4.37. The van der Waals surface area contributed by atoms with Gasteiger partial charge in [-0.1, -0.05) is 39.3 Å². The largest absolute Gasteiger partial charge is 0.303 e. The number of allylic oxidation sites excluding steroid dienone is 1. The van der Waals surface area contributed by atoms with Crippen molar-refractivity contribution >= 4 is 6.29 Å². The Morgan fingerprint density at radius 1 is 1.35 bits per heavy atom. The van der Waals surface area contributed by atoms with E-state index in [0.717, 1.165) is 18.6 Å². The highest BCUT2D eigenvalue weighted by Gasteiger charge is 2.52. The Balaban J connectivity index is 2.34. The molecule has 2 rings (SSSR count). The highest BCUT2D eigenvalue weighted by molar-refractivity contribution is 5.51. The van der Waals surface area contributed by atoms with Gasteiger partial charge in [0.2, 0.25) is 0 Å². The molecule has 0 amide bonds. The summed E-state index contributed by atoms with van der Waals surface area (Å²) in [6, 6.07) is 0. The van der Waals surface area contributed by atoms with Gasteiger partial charge in [-0.25, -0.2) is 0 Å². The molecule has 2 saturated carbocycles. The number of aldehydes is 1. The van der Waals surface area contributed by atoms with Crippen molar-refractivity contribution in [2.45, 2.75) is 59.3 Å². The van der Waals surface area contributed by atoms with Crippen LogP contribution in [0.1, 0.15) is 59.3 Å². The molecule has 0 aromatic carbocycles. The normalized spacial score (nSPS) is 40.8. The second-order valence-electron chi connectivity index (χ2n) is 7.05. The van der Waals surface area contributed by atoms with Crippen molar-refractivity contribution in [3.63, 3.8) is 0 Å². The Kier molecular flexibility index (Phi) is 3.22. The zero-order chi connectivity index (χ0) is 12.7. The van der Waals surface area contributed by atoms with Gasteiger partial charge in [-0.05, 0) is 48.3 Å². The molecule has 3 atom stereocenters. The van der Waals surface area contributed by atoms with Gasteiger partial charge < -0.3 is 4.79 Å². The molecule has 0 bridgehead atoms. The summed E-state index contributed by atoms with van der Waals surface area (Å²) < 4.78 is 0. The number of fused-ring (bicyclic) bond motifs is 1. The molecular weight excluding hydrogens is 208 g/mol. The first-order valence-electron chi connectivity index (χ1n) is 7.03. The molecule has 0 N–H and O–H groups in total. The van der Waals surface area contributed by atoms with Crippen LogP contribution in [0.4, 0.5) is 0 Å². The van der Waals surface area contributed by atoms with Crippen LogP contribution in [0.3, 0.4) is 0 Å². The molecule has 1 nitrogen and oxygen atoms in total. The highest BCUT2D eigenvalue weighted by atomic mass is 16.1. The molecule has 2 aliphatic carbocycles. The summed E-state index contributed by atoms with van der Waals surface area (Å²) in [4.78, 5) is 11.0. The first-order chi connectivity index (χ1) is 7.92. The zero-order valence-electron chi connectivity index (χ0n) is 11.6. The van der Waals surface area contributed by atoms with Crippen molar-refractivity contribution in [2.24, 2.45) is 22.7 Å². The quantitative estimate of drug-likeness (QED) is 0.512. The summed E-state index contributed by atoms with van der Waals surface area (Å²) in [6.07, 6.45) is 8.11. The van der Waals surface area contributed by atoms with E-state index in [1.807, 2.05) is 0 Å². The summed E-state index contributed by atoms with van der Waals surface area (Å²) >= 11 is 0. The summed E-state index contributed by atoms with van der Waals surface area (Å²) in [5.74, 6) is 1.19. The number of hydrogen-bond donors (Lipinski definition) is 0. The topological polar surface area (TPSA) is 17.1 Å². The summed E-state index contributed by atoms with van der Waals surface area (Å²) in [5.41, 5.74) is 2.08. The van der Waals surface area contributed by atoms with Crippen molar-refractivity contribution < 1.29 is 4.79 Å². The van der Waals surface area contributed by atoms with Crippen LogP contribution < -0.4 is 0 Å². The van der Waals surface area contributed by atoms with Crippen molar-refractivity contribution in [2.75, 3.05) is 0 Å². The molecule has 2 aliphatic rings. The lowest BCUT2D eigenvalue weighted by molar-refractivity contribution is -0.112. The van der Waals surface area contributed by atoms with E-state index in [1.165, 1.54) is 31.3 Å². The van der Waals surface area contributed by atoms with E-state index in [-0.39, 0.29) is 0 Å². The average Bonchev–Trinajstić information content (AvgIpc) is 2.22. The van der Waals surface area contributed by atoms with Crippen LogP contribution in [0.15, 0.2) is 12.2 Å². The fraction of sp³-hybridized carbons (Fsp3) is 0.812. The maximum Gasteiger partial charge on any atom is 0.120 e. The lowest BCUT2D eigenvalue weighted by atomic mass is 9.47. The van der Waals surface area contributed by atoms with E-state index in [2.05, 4.69) is 27.4 Å². The van der Waals surface area contributed by atoms with E-state index in [4.69, 9.17) is 0 Å². The van der Waals surface area contributed by atoms with Crippen LogP contribution in [0.2, 0.25) is 0 Å². The van der Waals surface area contributed by atoms with Crippen LogP contribution in [-0.4, -0.2) is 6.29 Å². The lowest BCUT2D eigenvalue weighted by Gasteiger charge is -2.57. The molecule has 0 aromatic heterocycles. The van der Waals surface area contributed by atoms with Crippen LogP contribution in [-0.2, 0) is 4.79 Å². The second kappa shape index (κ2) is 4.26. The minimum Gasteiger partial charge on any atom is -0.303 e. The Labute approximate surface area is 106 Å². The molecule has 0 saturated heterocycles. The van der Waals surface area contributed by atoms with Crippen molar-refractivity contribution in [3.05, 3.63) is 12.2 Å². The molecule has 2 unspecified atom stereocenters. The number of carbonyl (C=O) groups is 1. The van der Waals surface area contributed by atoms with Gasteiger partial charge in [0.1, 0.15) is 6.29 Å². The Morgan fingerprint density at radius 2 is 2.06 bits per heavy atom. The maximum absolute atomic E-state index is 11.0. The third-order valence-electron chi connectivity index (χ3n) is 5.65. The smallest absolute Gasteiger partial charge is 0.120 e. The van der Waals surface area contributed by atoms with Gasteiger partial charge in [0.25, 0.3) is 0 Å². The van der Waals surface area contributed by atoms with Crippen molar-refractivity contribution in [1.82, 2.24) is 0 Å². The standard InChI is InChI=1S/C16H26O/c1-12-6-7-14-15(2,3)9-5-10-16(14,4)13(12)8-11-17/h11,13-14H,1,5-10H2,2-4H3/t13?,14-,16?/m0/s1. The third kappa shape index (κ3) is 1.98. The van der Waals surface area contributed by atoms with Crippen molar-refractivity contribution in [1.29, 1.82) is 0 Å². The molecule has 17 heavy (non-hydrogen) atoms. The summed E-state index contributed by atoms with van der Waals surface area (Å²) in [7, 11) is 0. The zero-order valence-corrected chi connectivity index (χ0v) is 11.6. The van der Waals surface area contributed by atoms with Crippen LogP contribution >= 0.6 is 0 Å². The number of hydrogen-bond acceptors (Lipinski definition) is 1. The van der Waals surface area contributed by atoms with Gasteiger partial charge in [-0.2, -0.15) is 0 Å². The molecule has 0 radical (unpaired) electrons. The first kappa shape index (κ1) is 12.9. The predicted molar refractivity (Wildman–Crippen MR) is 71.8 cm³/mol.